The van der Waals surface area contributed by atoms with Crippen LogP contribution in [-0.4, -0.2) is 0 Å². The Kier molecular flexibility index (Phi) is 3.45. The maximum Gasteiger partial charge on any atom is 0.163 e. The number of benzene rings is 1. The monoisotopic (exact) mass is 202 g/mol. The Bertz CT molecular complexity index is 274. The Labute approximate surface area is 81.6 Å². The SMILES string of the molecule is C/C=C\Oc1c(Cl)cccc1Cl. The summed E-state index contributed by atoms with van der Waals surface area (Å²) in [7, 11) is 0. The fraction of sp³-hybridized carbons (Fsp3) is 0.111. The summed E-state index contributed by atoms with van der Waals surface area (Å²) in [4.78, 5) is 0. The normalized spacial score (nSPS) is 10.6. The van der Waals surface area contributed by atoms with Crippen molar-refractivity contribution in [3.05, 3.63) is 40.6 Å². The van der Waals surface area contributed by atoms with Crippen LogP contribution in [0.2, 0.25) is 10.0 Å². The van der Waals surface area contributed by atoms with Gasteiger partial charge in [0.15, 0.2) is 5.75 Å². The molecule has 0 amide bonds. The smallest absolute Gasteiger partial charge is 0.163 e. The van der Waals surface area contributed by atoms with Gasteiger partial charge in [-0.2, -0.15) is 0 Å². The first-order valence-corrected chi connectivity index (χ1v) is 4.23. The Balaban J connectivity index is 2.96. The quantitative estimate of drug-likeness (QED) is 0.662. The summed E-state index contributed by atoms with van der Waals surface area (Å²) in [5, 5.41) is 1.03. The number of para-hydroxylation sites is 1. The molecule has 0 heterocycles. The lowest BCUT2D eigenvalue weighted by Crippen LogP contribution is -1.83. The zero-order valence-corrected chi connectivity index (χ0v) is 8.06. The van der Waals surface area contributed by atoms with Crippen LogP contribution in [0.5, 0.6) is 5.75 Å². The summed E-state index contributed by atoms with van der Waals surface area (Å²) in [6, 6.07) is 5.23. The van der Waals surface area contributed by atoms with Gasteiger partial charge in [-0.05, 0) is 19.1 Å². The van der Waals surface area contributed by atoms with E-state index < -0.39 is 0 Å². The highest BCUT2D eigenvalue weighted by Gasteiger charge is 2.03. The lowest BCUT2D eigenvalue weighted by molar-refractivity contribution is 0.481. The summed E-state index contributed by atoms with van der Waals surface area (Å²) in [5.41, 5.74) is 0. The van der Waals surface area contributed by atoms with E-state index in [0.29, 0.717) is 15.8 Å². The molecule has 64 valence electrons. The lowest BCUT2D eigenvalue weighted by atomic mass is 10.3. The Hall–Kier alpha value is -0.660. The summed E-state index contributed by atoms with van der Waals surface area (Å²) in [6.07, 6.45) is 3.30. The van der Waals surface area contributed by atoms with Crippen molar-refractivity contribution < 1.29 is 4.74 Å². The van der Waals surface area contributed by atoms with E-state index in [9.17, 15) is 0 Å². The summed E-state index contributed by atoms with van der Waals surface area (Å²) in [6.45, 7) is 1.85. The zero-order chi connectivity index (χ0) is 8.97. The van der Waals surface area contributed by atoms with E-state index in [0.717, 1.165) is 0 Å². The van der Waals surface area contributed by atoms with Crippen molar-refractivity contribution in [2.24, 2.45) is 0 Å². The number of allylic oxidation sites excluding steroid dienone is 1. The molecule has 3 heteroatoms. The molecular weight excluding hydrogens is 195 g/mol. The molecule has 0 N–H and O–H groups in total. The third kappa shape index (κ3) is 2.16. The van der Waals surface area contributed by atoms with E-state index in [1.165, 1.54) is 6.26 Å². The molecule has 0 aliphatic heterocycles. The number of ether oxygens (including phenoxy) is 1. The molecule has 0 aliphatic rings. The number of hydrogen-bond donors (Lipinski definition) is 0. The molecule has 0 fully saturated rings. The summed E-state index contributed by atoms with van der Waals surface area (Å²) < 4.78 is 5.17. The van der Waals surface area contributed by atoms with E-state index >= 15 is 0 Å². The average molecular weight is 203 g/mol. The van der Waals surface area contributed by atoms with Crippen LogP contribution in [0.1, 0.15) is 6.92 Å². The number of halogens is 2. The predicted octanol–water partition coefficient (Wildman–Crippen LogP) is 3.91. The largest absolute Gasteiger partial charge is 0.462 e. The van der Waals surface area contributed by atoms with Gasteiger partial charge in [-0.25, -0.2) is 0 Å². The predicted molar refractivity (Wildman–Crippen MR) is 51.9 cm³/mol. The van der Waals surface area contributed by atoms with Crippen molar-refractivity contribution in [1.82, 2.24) is 0 Å². The maximum absolute atomic E-state index is 5.82. The van der Waals surface area contributed by atoms with Crippen molar-refractivity contribution in [1.29, 1.82) is 0 Å². The molecule has 1 nitrogen and oxygen atoms in total. The standard InChI is InChI=1S/C9H8Cl2O/c1-2-6-12-9-7(10)4-3-5-8(9)11/h2-6H,1H3/b6-2-. The highest BCUT2D eigenvalue weighted by molar-refractivity contribution is 6.37. The van der Waals surface area contributed by atoms with E-state index in [1.54, 1.807) is 24.3 Å². The molecule has 1 aromatic carbocycles. The van der Waals surface area contributed by atoms with Crippen molar-refractivity contribution in [3.8, 4) is 5.75 Å². The van der Waals surface area contributed by atoms with Crippen LogP contribution in [0.3, 0.4) is 0 Å². The second-order valence-electron chi connectivity index (χ2n) is 2.14. The highest BCUT2D eigenvalue weighted by Crippen LogP contribution is 2.32. The van der Waals surface area contributed by atoms with Gasteiger partial charge < -0.3 is 4.74 Å². The maximum atomic E-state index is 5.82. The van der Waals surface area contributed by atoms with Crippen LogP contribution in [-0.2, 0) is 0 Å². The molecule has 1 aromatic rings. The van der Waals surface area contributed by atoms with Gasteiger partial charge >= 0.3 is 0 Å². The van der Waals surface area contributed by atoms with Crippen LogP contribution in [0.15, 0.2) is 30.5 Å². The molecular formula is C9H8Cl2O. The zero-order valence-electron chi connectivity index (χ0n) is 6.55. The molecule has 0 atom stereocenters. The molecule has 12 heavy (non-hydrogen) atoms. The first-order chi connectivity index (χ1) is 5.75. The van der Waals surface area contributed by atoms with E-state index in [1.807, 2.05) is 6.92 Å². The van der Waals surface area contributed by atoms with E-state index in [4.69, 9.17) is 27.9 Å². The molecule has 0 spiro atoms. The minimum atomic E-state index is 0.499. The van der Waals surface area contributed by atoms with Gasteiger partial charge in [-0.15, -0.1) is 0 Å². The summed E-state index contributed by atoms with van der Waals surface area (Å²) in [5.74, 6) is 0.499. The molecule has 0 saturated heterocycles. The average Bonchev–Trinajstić information content (AvgIpc) is 2.04. The minimum Gasteiger partial charge on any atom is -0.462 e. The Morgan fingerprint density at radius 3 is 2.33 bits per heavy atom. The minimum absolute atomic E-state index is 0.499. The van der Waals surface area contributed by atoms with Crippen LogP contribution in [0.25, 0.3) is 0 Å². The van der Waals surface area contributed by atoms with Gasteiger partial charge in [0.25, 0.3) is 0 Å². The van der Waals surface area contributed by atoms with Crippen LogP contribution in [0, 0.1) is 0 Å². The second-order valence-corrected chi connectivity index (χ2v) is 2.95. The fourth-order valence-electron chi connectivity index (χ4n) is 0.731. The van der Waals surface area contributed by atoms with Gasteiger partial charge in [0.2, 0.25) is 0 Å². The van der Waals surface area contributed by atoms with Gasteiger partial charge in [0.1, 0.15) is 0 Å². The first kappa shape index (κ1) is 9.43. The van der Waals surface area contributed by atoms with Gasteiger partial charge in [-0.1, -0.05) is 35.3 Å². The molecule has 0 bridgehead atoms. The second kappa shape index (κ2) is 4.39. The van der Waals surface area contributed by atoms with Gasteiger partial charge in [0, 0.05) is 0 Å². The fourth-order valence-corrected chi connectivity index (χ4v) is 1.22. The van der Waals surface area contributed by atoms with Crippen molar-refractivity contribution in [3.63, 3.8) is 0 Å². The third-order valence-electron chi connectivity index (χ3n) is 1.24. The number of rotatable bonds is 2. The number of hydrogen-bond acceptors (Lipinski definition) is 1. The van der Waals surface area contributed by atoms with Crippen molar-refractivity contribution in [2.75, 3.05) is 0 Å². The molecule has 0 saturated carbocycles. The van der Waals surface area contributed by atoms with Crippen LogP contribution < -0.4 is 4.74 Å². The Morgan fingerprint density at radius 2 is 1.83 bits per heavy atom. The third-order valence-corrected chi connectivity index (χ3v) is 1.84. The molecule has 1 rings (SSSR count). The lowest BCUT2D eigenvalue weighted by Gasteiger charge is -2.03. The van der Waals surface area contributed by atoms with Crippen LogP contribution in [0.4, 0.5) is 0 Å². The van der Waals surface area contributed by atoms with E-state index in [-0.39, 0.29) is 0 Å². The van der Waals surface area contributed by atoms with Crippen molar-refractivity contribution in [2.45, 2.75) is 6.92 Å². The Morgan fingerprint density at radius 1 is 1.25 bits per heavy atom. The van der Waals surface area contributed by atoms with Crippen LogP contribution >= 0.6 is 23.2 Å². The van der Waals surface area contributed by atoms with Gasteiger partial charge in [0.05, 0.1) is 16.3 Å². The molecule has 0 aliphatic carbocycles. The summed E-state index contributed by atoms with van der Waals surface area (Å²) >= 11 is 11.6. The molecule has 0 aromatic heterocycles. The molecule has 0 radical (unpaired) electrons. The topological polar surface area (TPSA) is 9.23 Å². The first-order valence-electron chi connectivity index (χ1n) is 3.47. The van der Waals surface area contributed by atoms with E-state index in [2.05, 4.69) is 0 Å². The van der Waals surface area contributed by atoms with Crippen molar-refractivity contribution >= 4 is 23.2 Å². The highest BCUT2D eigenvalue weighted by atomic mass is 35.5. The van der Waals surface area contributed by atoms with Gasteiger partial charge in [-0.3, -0.25) is 0 Å². The molecule has 0 unspecified atom stereocenters.